The number of primary amides is 1. The largest absolute Gasteiger partial charge is 0.508 e. The van der Waals surface area contributed by atoms with Crippen LogP contribution < -0.4 is 5.73 Å². The van der Waals surface area contributed by atoms with E-state index in [-0.39, 0.29) is 38.0 Å². The third-order valence-corrected chi connectivity index (χ3v) is 9.19. The maximum absolute atomic E-state index is 14.0. The third kappa shape index (κ3) is 4.09. The number of likely N-dealkylation sites (tertiary alicyclic amines) is 1. The summed E-state index contributed by atoms with van der Waals surface area (Å²) in [6.45, 7) is 1.92. The molecule has 1 amide bonds. The minimum atomic E-state index is -2.99. The molecule has 1 saturated heterocycles. The van der Waals surface area contributed by atoms with E-state index in [4.69, 9.17) is 5.73 Å². The first-order chi connectivity index (χ1) is 19.0. The second-order valence-corrected chi connectivity index (χ2v) is 11.7. The van der Waals surface area contributed by atoms with Crippen LogP contribution in [0.2, 0.25) is 0 Å². The van der Waals surface area contributed by atoms with Gasteiger partial charge in [0.25, 0.3) is 11.8 Å². The number of alkyl halides is 2. The van der Waals surface area contributed by atoms with Crippen molar-refractivity contribution < 1.29 is 48.7 Å². The molecule has 1 heterocycles. The topological polar surface area (TPSA) is 185 Å². The van der Waals surface area contributed by atoms with E-state index in [0.717, 1.165) is 0 Å². The number of amides is 1. The predicted octanol–water partition coefficient (Wildman–Crippen LogP) is 0.727. The second kappa shape index (κ2) is 9.58. The number of likely N-dealkylation sites (N-methyl/N-ethyl adjacent to an activating group) is 1. The number of nitrogens with two attached hydrogens (primary N) is 1. The Morgan fingerprint density at radius 2 is 1.76 bits per heavy atom. The van der Waals surface area contributed by atoms with Gasteiger partial charge in [-0.2, -0.15) is 0 Å². The number of carbonyl (C=O) groups excluding carboxylic acids is 3. The van der Waals surface area contributed by atoms with Crippen molar-refractivity contribution in [2.45, 2.75) is 55.9 Å². The highest BCUT2D eigenvalue weighted by atomic mass is 19.3. The molecule has 2 fully saturated rings. The number of rotatable bonds is 4. The highest BCUT2D eigenvalue weighted by Crippen LogP contribution is 2.56. The first kappa shape index (κ1) is 29.1. The van der Waals surface area contributed by atoms with Crippen LogP contribution in [0.3, 0.4) is 0 Å². The van der Waals surface area contributed by atoms with Gasteiger partial charge in [-0.15, -0.1) is 0 Å². The Kier molecular flexibility index (Phi) is 6.80. The zero-order valence-corrected chi connectivity index (χ0v) is 22.8. The summed E-state index contributed by atoms with van der Waals surface area (Å²) >= 11 is 0. The van der Waals surface area contributed by atoms with Crippen molar-refractivity contribution in [3.63, 3.8) is 0 Å². The van der Waals surface area contributed by atoms with Crippen LogP contribution in [0.1, 0.15) is 42.4 Å². The molecule has 0 aromatic heterocycles. The number of phenols is 1. The number of nitrogens with zero attached hydrogens (tertiary/aromatic N) is 2. The van der Waals surface area contributed by atoms with Gasteiger partial charge in [0.15, 0.2) is 11.4 Å². The van der Waals surface area contributed by atoms with Crippen LogP contribution >= 0.6 is 0 Å². The number of phenolic OH excluding ortho intramolecular Hbond substituents is 1. The van der Waals surface area contributed by atoms with Gasteiger partial charge in [0.1, 0.15) is 22.8 Å². The van der Waals surface area contributed by atoms with Gasteiger partial charge in [0.05, 0.1) is 23.6 Å². The normalized spacial score (nSPS) is 33.5. The number of hydrogen-bond acceptors (Lipinski definition) is 10. The molecule has 13 heteroatoms. The fraction of sp³-hybridized carbons (Fsp3) is 0.536. The van der Waals surface area contributed by atoms with Gasteiger partial charge < -0.3 is 31.3 Å². The number of aliphatic hydroxyl groups is 4. The molecule has 41 heavy (non-hydrogen) atoms. The molecule has 4 aliphatic rings. The summed E-state index contributed by atoms with van der Waals surface area (Å²) in [5.41, 5.74) is 1.43. The average molecular weight is 578 g/mol. The molecule has 3 aliphatic carbocycles. The van der Waals surface area contributed by atoms with E-state index >= 15 is 0 Å². The van der Waals surface area contributed by atoms with Crippen molar-refractivity contribution in [3.05, 3.63) is 45.7 Å². The molecule has 0 spiro atoms. The third-order valence-electron chi connectivity index (χ3n) is 9.19. The maximum atomic E-state index is 14.0. The maximum Gasteiger partial charge on any atom is 0.255 e. The van der Waals surface area contributed by atoms with Crippen LogP contribution in [0.15, 0.2) is 29.0 Å². The number of piperidine rings is 1. The number of ketones is 2. The Bertz CT molecular complexity index is 1410. The van der Waals surface area contributed by atoms with Gasteiger partial charge in [-0.25, -0.2) is 8.78 Å². The highest BCUT2D eigenvalue weighted by Gasteiger charge is 2.68. The van der Waals surface area contributed by atoms with Gasteiger partial charge in [0.2, 0.25) is 5.78 Å². The smallest absolute Gasteiger partial charge is 0.255 e. The Hall–Kier alpha value is -3.39. The first-order valence-corrected chi connectivity index (χ1v) is 13.3. The lowest BCUT2D eigenvalue weighted by Gasteiger charge is -2.53. The predicted molar refractivity (Wildman–Crippen MR) is 140 cm³/mol. The van der Waals surface area contributed by atoms with Gasteiger partial charge >= 0.3 is 0 Å². The lowest BCUT2D eigenvalue weighted by atomic mass is 9.54. The van der Waals surface area contributed by atoms with E-state index in [1.165, 1.54) is 19.0 Å². The second-order valence-electron chi connectivity index (χ2n) is 11.7. The molecule has 222 valence electrons. The van der Waals surface area contributed by atoms with Crippen molar-refractivity contribution in [2.24, 2.45) is 17.6 Å². The lowest BCUT2D eigenvalue weighted by molar-refractivity contribution is -0.169. The summed E-state index contributed by atoms with van der Waals surface area (Å²) in [7, 11) is 2.87. The number of Topliss-reactive ketones (excluding diaryl/α,β-unsaturated/α-hetero) is 2. The van der Waals surface area contributed by atoms with Gasteiger partial charge in [0, 0.05) is 49.5 Å². The number of carbonyl (C=O) groups is 3. The molecular formula is C28H33F2N3O8. The molecule has 11 nitrogen and oxygen atoms in total. The molecule has 6 atom stereocenters. The minimum absolute atomic E-state index is 0.0910. The number of aromatic hydroxyl groups is 1. The number of aliphatic hydroxyl groups excluding tert-OH is 3. The molecule has 3 unspecified atom stereocenters. The fourth-order valence-electron chi connectivity index (χ4n) is 7.07. The van der Waals surface area contributed by atoms with Crippen LogP contribution in [0, 0.1) is 11.8 Å². The van der Waals surface area contributed by atoms with Crippen molar-refractivity contribution in [1.82, 2.24) is 9.80 Å². The van der Waals surface area contributed by atoms with E-state index in [1.807, 2.05) is 0 Å². The molecule has 0 bridgehead atoms. The molecule has 1 aliphatic heterocycles. The van der Waals surface area contributed by atoms with Crippen LogP contribution in [0.5, 0.6) is 5.75 Å². The van der Waals surface area contributed by atoms with Crippen molar-refractivity contribution in [2.75, 3.05) is 27.2 Å². The molecule has 1 saturated carbocycles. The zero-order chi connectivity index (χ0) is 30.3. The molecule has 1 aromatic carbocycles. The van der Waals surface area contributed by atoms with E-state index in [2.05, 4.69) is 0 Å². The highest BCUT2D eigenvalue weighted by molar-refractivity contribution is 6.24. The van der Waals surface area contributed by atoms with Crippen molar-refractivity contribution >= 4 is 23.2 Å². The molecule has 1 aromatic rings. The van der Waals surface area contributed by atoms with Gasteiger partial charge in [-0.1, -0.05) is 19.1 Å². The van der Waals surface area contributed by atoms with Crippen LogP contribution in [-0.4, -0.2) is 104 Å². The quantitative estimate of drug-likeness (QED) is 0.279. The number of fused-ring (bicyclic) bond motifs is 3. The van der Waals surface area contributed by atoms with Crippen molar-refractivity contribution in [3.8, 4) is 5.75 Å². The molecular weight excluding hydrogens is 544 g/mol. The SMILES string of the molecule is C[C@H]1c2ccc(CN3CCC(F)(F)CC3)c(O)c2C(O)=C2C(=O)[C@]3(O)C(O)=C(C(N)=O)C(=O)[C@@H](N(C)C)C3C(O)C21. The van der Waals surface area contributed by atoms with E-state index in [1.54, 1.807) is 24.0 Å². The van der Waals surface area contributed by atoms with Gasteiger partial charge in [-0.05, 0) is 25.6 Å². The summed E-state index contributed by atoms with van der Waals surface area (Å²) in [5, 5.41) is 57.0. The van der Waals surface area contributed by atoms with Crippen LogP contribution in [-0.2, 0) is 20.9 Å². The molecule has 5 rings (SSSR count). The summed E-state index contributed by atoms with van der Waals surface area (Å²) in [6.07, 6.45) is -2.35. The zero-order valence-electron chi connectivity index (χ0n) is 22.8. The average Bonchev–Trinajstić information content (AvgIpc) is 2.88. The monoisotopic (exact) mass is 577 g/mol. The molecule has 0 radical (unpaired) electrons. The summed E-state index contributed by atoms with van der Waals surface area (Å²) < 4.78 is 27.2. The number of benzene rings is 1. The summed E-state index contributed by atoms with van der Waals surface area (Å²) in [4.78, 5) is 42.4. The minimum Gasteiger partial charge on any atom is -0.508 e. The first-order valence-electron chi connectivity index (χ1n) is 13.3. The van der Waals surface area contributed by atoms with E-state index < -0.39 is 87.3 Å². The lowest BCUT2D eigenvalue weighted by Crippen LogP contribution is -2.70. The number of halogens is 2. The fourth-order valence-corrected chi connectivity index (χ4v) is 7.07. The van der Waals surface area contributed by atoms with E-state index in [0.29, 0.717) is 11.1 Å². The van der Waals surface area contributed by atoms with Crippen LogP contribution in [0.25, 0.3) is 5.76 Å². The summed E-state index contributed by atoms with van der Waals surface area (Å²) in [6, 6.07) is 1.77. The Balaban J connectivity index is 1.65. The summed E-state index contributed by atoms with van der Waals surface area (Å²) in [5.74, 6) is -12.3. The van der Waals surface area contributed by atoms with Crippen molar-refractivity contribution in [1.29, 1.82) is 0 Å². The Morgan fingerprint density at radius 3 is 2.32 bits per heavy atom. The Morgan fingerprint density at radius 1 is 1.15 bits per heavy atom. The van der Waals surface area contributed by atoms with E-state index in [9.17, 15) is 48.7 Å². The standard InChI is InChI=1S/C28H33F2N3O8/c1-11-13-5-4-12(10-33-8-6-27(29,30)7-9-33)20(34)15(13)21(35)16-14(11)22(36)18-19(32(2)3)23(37)17(26(31)40)25(39)28(18,41)24(16)38/h4-5,11,14,18-19,22,34-36,39,41H,6-10H2,1-3H3,(H2,31,40)/t11-,14?,18?,19-,22?,28-/m0/s1. The molecule has 7 N–H and O–H groups in total. The van der Waals surface area contributed by atoms with Gasteiger partial charge in [-0.3, -0.25) is 24.2 Å². The van der Waals surface area contributed by atoms with Crippen LogP contribution in [0.4, 0.5) is 8.78 Å². The Labute approximate surface area is 234 Å². The number of hydrogen-bond donors (Lipinski definition) is 6.